The topological polar surface area (TPSA) is 78.3 Å². The van der Waals surface area contributed by atoms with E-state index in [4.69, 9.17) is 16.2 Å². The lowest BCUT2D eigenvalue weighted by Crippen LogP contribution is -2.43. The average Bonchev–Trinajstić information content (AvgIpc) is 2.40. The quantitative estimate of drug-likeness (QED) is 0.792. The van der Waals surface area contributed by atoms with Crippen LogP contribution in [-0.2, 0) is 11.3 Å². The lowest BCUT2D eigenvalue weighted by molar-refractivity contribution is 0.0693. The number of rotatable bonds is 7. The summed E-state index contributed by atoms with van der Waals surface area (Å²) in [5.41, 5.74) is 13.8. The summed E-state index contributed by atoms with van der Waals surface area (Å²) in [5.74, 6) is -0.409. The third-order valence-electron chi connectivity index (χ3n) is 3.68. The smallest absolute Gasteiger partial charge is 0.248 e. The molecule has 0 aliphatic rings. The number of aryl methyl sites for hydroxylation is 1. The minimum Gasteiger partial charge on any atom is -0.375 e. The zero-order valence-electron chi connectivity index (χ0n) is 12.0. The molecule has 4 heteroatoms. The highest BCUT2D eigenvalue weighted by atomic mass is 16.5. The molecule has 0 atom stereocenters. The third kappa shape index (κ3) is 4.33. The molecule has 1 amide bonds. The molecule has 0 aliphatic carbocycles. The van der Waals surface area contributed by atoms with E-state index in [9.17, 15) is 4.79 Å². The fraction of sp³-hybridized carbons (Fsp3) is 0.533. The normalized spacial score (nSPS) is 11.6. The van der Waals surface area contributed by atoms with Gasteiger partial charge in [-0.1, -0.05) is 19.9 Å². The molecular formula is C15H24N2O2. The molecule has 4 nitrogen and oxygen atoms in total. The Bertz CT molecular complexity index is 440. The van der Waals surface area contributed by atoms with E-state index in [0.717, 1.165) is 24.0 Å². The second-order valence-electron chi connectivity index (χ2n) is 5.07. The first-order chi connectivity index (χ1) is 8.91. The SMILES string of the molecule is CCC(N)(CC)COCc1ccc(C(N)=O)cc1C. The minimum atomic E-state index is -0.409. The number of hydrogen-bond acceptors (Lipinski definition) is 3. The minimum absolute atomic E-state index is 0.249. The first-order valence-corrected chi connectivity index (χ1v) is 6.68. The average molecular weight is 264 g/mol. The van der Waals surface area contributed by atoms with Crippen molar-refractivity contribution >= 4 is 5.91 Å². The number of carbonyl (C=O) groups excluding carboxylic acids is 1. The van der Waals surface area contributed by atoms with Gasteiger partial charge in [0.1, 0.15) is 0 Å². The Kier molecular flexibility index (Phi) is 5.51. The van der Waals surface area contributed by atoms with Crippen molar-refractivity contribution in [3.8, 4) is 0 Å². The first-order valence-electron chi connectivity index (χ1n) is 6.68. The van der Waals surface area contributed by atoms with Gasteiger partial charge in [0.25, 0.3) is 0 Å². The zero-order valence-corrected chi connectivity index (χ0v) is 12.0. The van der Waals surface area contributed by atoms with E-state index in [2.05, 4.69) is 13.8 Å². The van der Waals surface area contributed by atoms with Crippen LogP contribution in [0.5, 0.6) is 0 Å². The molecule has 0 saturated heterocycles. The Hall–Kier alpha value is -1.39. The monoisotopic (exact) mass is 264 g/mol. The van der Waals surface area contributed by atoms with E-state index in [0.29, 0.717) is 18.8 Å². The van der Waals surface area contributed by atoms with Gasteiger partial charge >= 0.3 is 0 Å². The summed E-state index contributed by atoms with van der Waals surface area (Å²) in [7, 11) is 0. The molecule has 0 saturated carbocycles. The van der Waals surface area contributed by atoms with Crippen LogP contribution in [-0.4, -0.2) is 18.1 Å². The maximum Gasteiger partial charge on any atom is 0.248 e. The van der Waals surface area contributed by atoms with Crippen molar-refractivity contribution in [3.63, 3.8) is 0 Å². The van der Waals surface area contributed by atoms with Crippen LogP contribution in [0.1, 0.15) is 48.2 Å². The van der Waals surface area contributed by atoms with Crippen molar-refractivity contribution in [2.24, 2.45) is 11.5 Å². The van der Waals surface area contributed by atoms with Crippen molar-refractivity contribution in [1.29, 1.82) is 0 Å². The summed E-state index contributed by atoms with van der Waals surface area (Å²) in [6.45, 7) is 7.13. The fourth-order valence-electron chi connectivity index (χ4n) is 1.83. The van der Waals surface area contributed by atoms with Crippen LogP contribution < -0.4 is 11.5 Å². The van der Waals surface area contributed by atoms with Crippen molar-refractivity contribution in [3.05, 3.63) is 34.9 Å². The van der Waals surface area contributed by atoms with Gasteiger partial charge in [0.05, 0.1) is 13.2 Å². The van der Waals surface area contributed by atoms with Gasteiger partial charge in [0.2, 0.25) is 5.91 Å². The molecule has 0 spiro atoms. The van der Waals surface area contributed by atoms with Crippen molar-refractivity contribution in [1.82, 2.24) is 0 Å². The maximum atomic E-state index is 11.1. The van der Waals surface area contributed by atoms with Gasteiger partial charge < -0.3 is 16.2 Å². The molecule has 4 N–H and O–H groups in total. The highest BCUT2D eigenvalue weighted by Gasteiger charge is 2.20. The van der Waals surface area contributed by atoms with Crippen molar-refractivity contribution in [2.75, 3.05) is 6.61 Å². The van der Waals surface area contributed by atoms with Crippen LogP contribution in [0.25, 0.3) is 0 Å². The molecule has 1 aromatic rings. The Morgan fingerprint density at radius 3 is 2.42 bits per heavy atom. The molecule has 1 rings (SSSR count). The fourth-order valence-corrected chi connectivity index (χ4v) is 1.83. The summed E-state index contributed by atoms with van der Waals surface area (Å²) in [5, 5.41) is 0. The number of primary amides is 1. The molecule has 106 valence electrons. The maximum absolute atomic E-state index is 11.1. The number of carbonyl (C=O) groups is 1. The van der Waals surface area contributed by atoms with E-state index in [1.165, 1.54) is 0 Å². The number of ether oxygens (including phenoxy) is 1. The second-order valence-corrected chi connectivity index (χ2v) is 5.07. The molecule has 0 aliphatic heterocycles. The van der Waals surface area contributed by atoms with E-state index in [1.54, 1.807) is 12.1 Å². The van der Waals surface area contributed by atoms with Crippen LogP contribution in [0.4, 0.5) is 0 Å². The van der Waals surface area contributed by atoms with Crippen molar-refractivity contribution < 1.29 is 9.53 Å². The van der Waals surface area contributed by atoms with Crippen LogP contribution in [0.3, 0.4) is 0 Å². The molecule has 0 fully saturated rings. The highest BCUT2D eigenvalue weighted by molar-refractivity contribution is 5.93. The highest BCUT2D eigenvalue weighted by Crippen LogP contribution is 2.15. The van der Waals surface area contributed by atoms with Gasteiger partial charge in [0, 0.05) is 11.1 Å². The lowest BCUT2D eigenvalue weighted by Gasteiger charge is -2.26. The molecule has 0 bridgehead atoms. The van der Waals surface area contributed by atoms with E-state index >= 15 is 0 Å². The number of amides is 1. The van der Waals surface area contributed by atoms with Crippen molar-refractivity contribution in [2.45, 2.75) is 45.8 Å². The Morgan fingerprint density at radius 2 is 1.95 bits per heavy atom. The molecule has 0 aromatic heterocycles. The number of benzene rings is 1. The lowest BCUT2D eigenvalue weighted by atomic mass is 9.95. The molecule has 0 unspecified atom stereocenters. The Labute approximate surface area is 115 Å². The third-order valence-corrected chi connectivity index (χ3v) is 3.68. The van der Waals surface area contributed by atoms with E-state index in [-0.39, 0.29) is 5.54 Å². The van der Waals surface area contributed by atoms with Gasteiger partial charge in [-0.25, -0.2) is 0 Å². The van der Waals surface area contributed by atoms with Gasteiger partial charge in [-0.3, -0.25) is 4.79 Å². The van der Waals surface area contributed by atoms with Crippen LogP contribution >= 0.6 is 0 Å². The molecule has 19 heavy (non-hydrogen) atoms. The van der Waals surface area contributed by atoms with Gasteiger partial charge in [0.15, 0.2) is 0 Å². The largest absolute Gasteiger partial charge is 0.375 e. The Balaban J connectivity index is 2.61. The molecule has 1 aromatic carbocycles. The van der Waals surface area contributed by atoms with Crippen LogP contribution in [0.2, 0.25) is 0 Å². The number of nitrogens with two attached hydrogens (primary N) is 2. The molecule has 0 radical (unpaired) electrons. The predicted octanol–water partition coefficient (Wildman–Crippen LogP) is 2.13. The molecular weight excluding hydrogens is 240 g/mol. The van der Waals surface area contributed by atoms with Gasteiger partial charge in [-0.2, -0.15) is 0 Å². The van der Waals surface area contributed by atoms with Crippen LogP contribution in [0, 0.1) is 6.92 Å². The molecule has 0 heterocycles. The summed E-state index contributed by atoms with van der Waals surface area (Å²) < 4.78 is 5.71. The Morgan fingerprint density at radius 1 is 1.32 bits per heavy atom. The predicted molar refractivity (Wildman–Crippen MR) is 76.9 cm³/mol. The number of hydrogen-bond donors (Lipinski definition) is 2. The van der Waals surface area contributed by atoms with E-state index < -0.39 is 5.91 Å². The van der Waals surface area contributed by atoms with Crippen LogP contribution in [0.15, 0.2) is 18.2 Å². The summed E-state index contributed by atoms with van der Waals surface area (Å²) in [6.07, 6.45) is 1.78. The summed E-state index contributed by atoms with van der Waals surface area (Å²) >= 11 is 0. The summed E-state index contributed by atoms with van der Waals surface area (Å²) in [6, 6.07) is 5.39. The standard InChI is InChI=1S/C15H24N2O2/c1-4-15(17,5-2)10-19-9-13-7-6-12(14(16)18)8-11(13)3/h6-8H,4-5,9-10,17H2,1-3H3,(H2,16,18). The van der Waals surface area contributed by atoms with E-state index in [1.807, 2.05) is 13.0 Å². The van der Waals surface area contributed by atoms with Gasteiger partial charge in [-0.15, -0.1) is 0 Å². The second kappa shape index (κ2) is 6.68. The first kappa shape index (κ1) is 15.7. The summed E-state index contributed by atoms with van der Waals surface area (Å²) in [4.78, 5) is 11.1. The zero-order chi connectivity index (χ0) is 14.5. The van der Waals surface area contributed by atoms with Gasteiger partial charge in [-0.05, 0) is 43.0 Å².